The van der Waals surface area contributed by atoms with Crippen LogP contribution in [0, 0.1) is 18.3 Å². The van der Waals surface area contributed by atoms with E-state index in [4.69, 9.17) is 0 Å². The highest BCUT2D eigenvalue weighted by molar-refractivity contribution is 6.04. The number of fused-ring (bicyclic) bond motifs is 1. The monoisotopic (exact) mass is 392 g/mol. The van der Waals surface area contributed by atoms with Crippen LogP contribution in [0.15, 0.2) is 30.3 Å². The van der Waals surface area contributed by atoms with Gasteiger partial charge in [-0.05, 0) is 37.2 Å². The summed E-state index contributed by atoms with van der Waals surface area (Å²) < 4.78 is 0. The molecule has 1 saturated heterocycles. The Morgan fingerprint density at radius 3 is 2.38 bits per heavy atom. The molecular formula is C24H28N2O3. The fourth-order valence-corrected chi connectivity index (χ4v) is 4.79. The van der Waals surface area contributed by atoms with Gasteiger partial charge in [0.05, 0.1) is 0 Å². The smallest absolute Gasteiger partial charge is 0.270 e. The second-order valence-corrected chi connectivity index (χ2v) is 9.22. The minimum absolute atomic E-state index is 0.0400. The number of piperidine rings is 1. The minimum atomic E-state index is -0.0855. The van der Waals surface area contributed by atoms with Crippen LogP contribution in [0.4, 0.5) is 0 Å². The maximum absolute atomic E-state index is 13.2. The fraction of sp³-hybridized carbons (Fsp3) is 0.458. The lowest BCUT2D eigenvalue weighted by molar-refractivity contribution is 0.0645. The van der Waals surface area contributed by atoms with E-state index in [1.54, 1.807) is 0 Å². The van der Waals surface area contributed by atoms with Gasteiger partial charge in [-0.3, -0.25) is 14.4 Å². The SMILES string of the molecule is Cc1c(C(=O)N2CCC(C(=O)c3ccccc3)CC2)[nH]c2c1C(=O)CC(C)(C)C2. The van der Waals surface area contributed by atoms with Gasteiger partial charge in [0.1, 0.15) is 5.69 Å². The van der Waals surface area contributed by atoms with E-state index in [0.717, 1.165) is 23.2 Å². The van der Waals surface area contributed by atoms with Crippen LogP contribution in [0.25, 0.3) is 0 Å². The molecule has 1 aliphatic heterocycles. The molecule has 0 atom stereocenters. The molecule has 0 bridgehead atoms. The predicted molar refractivity (Wildman–Crippen MR) is 111 cm³/mol. The van der Waals surface area contributed by atoms with Crippen LogP contribution in [0.5, 0.6) is 0 Å². The molecule has 1 aliphatic carbocycles. The molecule has 4 rings (SSSR count). The number of carbonyl (C=O) groups excluding carboxylic acids is 3. The second kappa shape index (κ2) is 7.29. The number of H-pyrrole nitrogens is 1. The molecule has 1 amide bonds. The van der Waals surface area contributed by atoms with Gasteiger partial charge >= 0.3 is 0 Å². The third-order valence-electron chi connectivity index (χ3n) is 6.33. The molecule has 2 aliphatic rings. The fourth-order valence-electron chi connectivity index (χ4n) is 4.79. The number of aromatic nitrogens is 1. The lowest BCUT2D eigenvalue weighted by Crippen LogP contribution is -2.40. The third kappa shape index (κ3) is 3.66. The quantitative estimate of drug-likeness (QED) is 0.796. The molecule has 152 valence electrons. The molecular weight excluding hydrogens is 364 g/mol. The molecule has 0 unspecified atom stereocenters. The summed E-state index contributed by atoms with van der Waals surface area (Å²) in [6.45, 7) is 7.15. The Morgan fingerprint density at radius 2 is 1.72 bits per heavy atom. The van der Waals surface area contributed by atoms with E-state index in [9.17, 15) is 14.4 Å². The number of likely N-dealkylation sites (tertiary alicyclic amines) is 1. The Morgan fingerprint density at radius 1 is 1.07 bits per heavy atom. The molecule has 2 heterocycles. The van der Waals surface area contributed by atoms with Crippen LogP contribution >= 0.6 is 0 Å². The van der Waals surface area contributed by atoms with E-state index in [1.165, 1.54) is 0 Å². The van der Waals surface area contributed by atoms with E-state index in [2.05, 4.69) is 18.8 Å². The molecule has 0 spiro atoms. The summed E-state index contributed by atoms with van der Waals surface area (Å²) in [5.74, 6) is 0.183. The molecule has 1 aromatic carbocycles. The van der Waals surface area contributed by atoms with Gasteiger partial charge in [0, 0.05) is 42.2 Å². The van der Waals surface area contributed by atoms with E-state index < -0.39 is 0 Å². The Labute approximate surface area is 171 Å². The highest BCUT2D eigenvalue weighted by Gasteiger charge is 2.36. The average molecular weight is 392 g/mol. The highest BCUT2D eigenvalue weighted by Crippen LogP contribution is 2.37. The first kappa shape index (κ1) is 19.6. The van der Waals surface area contributed by atoms with E-state index in [0.29, 0.717) is 43.6 Å². The molecule has 1 fully saturated rings. The van der Waals surface area contributed by atoms with Gasteiger partial charge in [0.15, 0.2) is 11.6 Å². The molecule has 0 saturated carbocycles. The van der Waals surface area contributed by atoms with Crippen molar-refractivity contribution in [2.24, 2.45) is 11.3 Å². The first-order chi connectivity index (χ1) is 13.8. The number of ketones is 2. The molecule has 29 heavy (non-hydrogen) atoms. The normalized spacial score (nSPS) is 19.1. The first-order valence-electron chi connectivity index (χ1n) is 10.4. The maximum Gasteiger partial charge on any atom is 0.270 e. The van der Waals surface area contributed by atoms with E-state index >= 15 is 0 Å². The topological polar surface area (TPSA) is 70.2 Å². The molecule has 1 N–H and O–H groups in total. The maximum atomic E-state index is 13.2. The number of amides is 1. The van der Waals surface area contributed by atoms with Gasteiger partial charge in [-0.25, -0.2) is 0 Å². The Bertz CT molecular complexity index is 964. The third-order valence-corrected chi connectivity index (χ3v) is 6.33. The van der Waals surface area contributed by atoms with Gasteiger partial charge in [0.2, 0.25) is 0 Å². The van der Waals surface area contributed by atoms with Crippen molar-refractivity contribution in [3.8, 4) is 0 Å². The van der Waals surface area contributed by atoms with Crippen LogP contribution in [0.2, 0.25) is 0 Å². The number of aromatic amines is 1. The Hall–Kier alpha value is -2.69. The van der Waals surface area contributed by atoms with Gasteiger partial charge in [-0.15, -0.1) is 0 Å². The molecule has 5 heteroatoms. The van der Waals surface area contributed by atoms with Crippen LogP contribution < -0.4 is 0 Å². The van der Waals surface area contributed by atoms with Crippen LogP contribution in [0.1, 0.15) is 75.6 Å². The van der Waals surface area contributed by atoms with Gasteiger partial charge in [0.25, 0.3) is 5.91 Å². The summed E-state index contributed by atoms with van der Waals surface area (Å²) in [6.07, 6.45) is 2.63. The van der Waals surface area contributed by atoms with E-state index in [-0.39, 0.29) is 28.8 Å². The minimum Gasteiger partial charge on any atom is -0.354 e. The van der Waals surface area contributed by atoms with Gasteiger partial charge in [-0.1, -0.05) is 44.2 Å². The number of hydrogen-bond acceptors (Lipinski definition) is 3. The standard InChI is InChI=1S/C24H28N2O3/c1-15-20-18(13-24(2,3)14-19(20)27)25-21(15)23(29)26-11-9-17(10-12-26)22(28)16-7-5-4-6-8-16/h4-8,17,25H,9-14H2,1-3H3. The summed E-state index contributed by atoms with van der Waals surface area (Å²) in [6, 6.07) is 9.37. The van der Waals surface area contributed by atoms with Crippen molar-refractivity contribution in [3.63, 3.8) is 0 Å². The van der Waals surface area contributed by atoms with Crippen LogP contribution in [-0.4, -0.2) is 40.4 Å². The number of nitrogens with one attached hydrogen (secondary N) is 1. The number of Topliss-reactive ketones (excluding diaryl/α,β-unsaturated/α-hetero) is 2. The zero-order valence-electron chi connectivity index (χ0n) is 17.4. The van der Waals surface area contributed by atoms with Crippen molar-refractivity contribution in [1.29, 1.82) is 0 Å². The zero-order chi connectivity index (χ0) is 20.8. The van der Waals surface area contributed by atoms with Crippen molar-refractivity contribution in [2.45, 2.75) is 46.5 Å². The lowest BCUT2D eigenvalue weighted by atomic mass is 9.75. The van der Waals surface area contributed by atoms with Crippen LogP contribution in [-0.2, 0) is 6.42 Å². The first-order valence-corrected chi connectivity index (χ1v) is 10.4. The van der Waals surface area contributed by atoms with Gasteiger partial charge < -0.3 is 9.88 Å². The molecule has 2 aromatic rings. The lowest BCUT2D eigenvalue weighted by Gasteiger charge is -2.31. The second-order valence-electron chi connectivity index (χ2n) is 9.22. The summed E-state index contributed by atoms with van der Waals surface area (Å²) >= 11 is 0. The Balaban J connectivity index is 1.47. The Kier molecular flexibility index (Phi) is 4.93. The van der Waals surface area contributed by atoms with Crippen molar-refractivity contribution < 1.29 is 14.4 Å². The van der Waals surface area contributed by atoms with Crippen LogP contribution in [0.3, 0.4) is 0 Å². The predicted octanol–water partition coefficient (Wildman–Crippen LogP) is 4.21. The number of carbonyl (C=O) groups is 3. The zero-order valence-corrected chi connectivity index (χ0v) is 17.4. The van der Waals surface area contributed by atoms with Crippen molar-refractivity contribution in [2.75, 3.05) is 13.1 Å². The number of hydrogen-bond donors (Lipinski definition) is 1. The molecule has 0 radical (unpaired) electrons. The number of rotatable bonds is 3. The average Bonchev–Trinajstić information content (AvgIpc) is 3.02. The molecule has 5 nitrogen and oxygen atoms in total. The van der Waals surface area contributed by atoms with Gasteiger partial charge in [-0.2, -0.15) is 0 Å². The summed E-state index contributed by atoms with van der Waals surface area (Å²) in [5, 5.41) is 0. The summed E-state index contributed by atoms with van der Waals surface area (Å²) in [5.41, 5.74) is 3.56. The largest absolute Gasteiger partial charge is 0.354 e. The molecule has 1 aromatic heterocycles. The van der Waals surface area contributed by atoms with Crippen molar-refractivity contribution in [1.82, 2.24) is 9.88 Å². The number of benzene rings is 1. The van der Waals surface area contributed by atoms with Crippen molar-refractivity contribution >= 4 is 17.5 Å². The van der Waals surface area contributed by atoms with Crippen molar-refractivity contribution in [3.05, 3.63) is 58.4 Å². The number of nitrogens with zero attached hydrogens (tertiary/aromatic N) is 1. The highest BCUT2D eigenvalue weighted by atomic mass is 16.2. The summed E-state index contributed by atoms with van der Waals surface area (Å²) in [4.78, 5) is 43.5. The van der Waals surface area contributed by atoms with E-state index in [1.807, 2.05) is 42.2 Å². The summed E-state index contributed by atoms with van der Waals surface area (Å²) in [7, 11) is 0.